The molecule has 2 heterocycles. The van der Waals surface area contributed by atoms with E-state index in [0.29, 0.717) is 19.7 Å². The van der Waals surface area contributed by atoms with Crippen molar-refractivity contribution >= 4 is 11.9 Å². The van der Waals surface area contributed by atoms with Crippen LogP contribution in [-0.2, 0) is 14.3 Å². The third-order valence-corrected chi connectivity index (χ3v) is 4.35. The molecule has 0 saturated carbocycles. The first-order chi connectivity index (χ1) is 8.97. The number of nitrogens with one attached hydrogen (secondary N) is 1. The second kappa shape index (κ2) is 5.46. The molecule has 2 atom stereocenters. The zero-order valence-electron chi connectivity index (χ0n) is 11.5. The van der Waals surface area contributed by atoms with Crippen LogP contribution in [0.3, 0.4) is 0 Å². The van der Waals surface area contributed by atoms with E-state index in [9.17, 15) is 9.59 Å². The van der Waals surface area contributed by atoms with Gasteiger partial charge in [0.05, 0.1) is 18.6 Å². The number of morpholine rings is 1. The van der Waals surface area contributed by atoms with Crippen LogP contribution < -0.4 is 5.32 Å². The van der Waals surface area contributed by atoms with Crippen LogP contribution in [0.25, 0.3) is 0 Å². The Kier molecular flexibility index (Phi) is 4.10. The normalized spacial score (nSPS) is 31.7. The van der Waals surface area contributed by atoms with Crippen molar-refractivity contribution in [3.05, 3.63) is 0 Å². The highest BCUT2D eigenvalue weighted by Crippen LogP contribution is 2.36. The summed E-state index contributed by atoms with van der Waals surface area (Å²) in [6, 6.07) is 0. The second-order valence-corrected chi connectivity index (χ2v) is 5.69. The molecule has 0 bridgehead atoms. The number of nitrogens with zero attached hydrogens (tertiary/aromatic N) is 1. The van der Waals surface area contributed by atoms with Gasteiger partial charge in [0.25, 0.3) is 0 Å². The minimum absolute atomic E-state index is 0.0713. The molecule has 2 fully saturated rings. The van der Waals surface area contributed by atoms with Crippen molar-refractivity contribution in [1.29, 1.82) is 0 Å². The fraction of sp³-hybridized carbons (Fsp3) is 0.846. The first-order valence-corrected chi connectivity index (χ1v) is 6.82. The summed E-state index contributed by atoms with van der Waals surface area (Å²) < 4.78 is 5.17. The molecule has 2 aliphatic rings. The highest BCUT2D eigenvalue weighted by atomic mass is 16.5. The van der Waals surface area contributed by atoms with Gasteiger partial charge in [-0.3, -0.25) is 4.79 Å². The average Bonchev–Trinajstić information content (AvgIpc) is 2.88. The van der Waals surface area contributed by atoms with Gasteiger partial charge in [-0.1, -0.05) is 13.8 Å². The predicted molar refractivity (Wildman–Crippen MR) is 68.7 cm³/mol. The molecule has 0 spiro atoms. The number of aliphatic carboxylic acids is 1. The van der Waals surface area contributed by atoms with Crippen LogP contribution in [0.4, 0.5) is 0 Å². The van der Waals surface area contributed by atoms with Gasteiger partial charge in [0, 0.05) is 13.1 Å². The van der Waals surface area contributed by atoms with Crippen molar-refractivity contribution in [3.63, 3.8) is 0 Å². The molecule has 0 aliphatic carbocycles. The molecule has 2 N–H and O–H groups in total. The van der Waals surface area contributed by atoms with Crippen molar-refractivity contribution in [2.45, 2.75) is 26.4 Å². The standard InChI is InChI=1S/C13H22N2O4/c1-9(2)13(3-4-14-8-13)12(18)15-5-6-19-10(7-15)11(16)17/h9-10,14H,3-8H2,1-2H3,(H,16,17). The van der Waals surface area contributed by atoms with Gasteiger partial charge < -0.3 is 20.1 Å². The van der Waals surface area contributed by atoms with Gasteiger partial charge in [-0.25, -0.2) is 4.79 Å². The summed E-state index contributed by atoms with van der Waals surface area (Å²) in [4.78, 5) is 25.4. The smallest absolute Gasteiger partial charge is 0.334 e. The summed E-state index contributed by atoms with van der Waals surface area (Å²) in [6.07, 6.45) is -0.0743. The van der Waals surface area contributed by atoms with Crippen LogP contribution in [0.15, 0.2) is 0 Å². The molecular formula is C13H22N2O4. The minimum atomic E-state index is -0.999. The Morgan fingerprint density at radius 1 is 1.47 bits per heavy atom. The molecule has 0 aromatic heterocycles. The molecule has 6 heteroatoms. The lowest BCUT2D eigenvalue weighted by Gasteiger charge is -2.39. The van der Waals surface area contributed by atoms with E-state index in [-0.39, 0.29) is 23.8 Å². The van der Waals surface area contributed by atoms with Crippen LogP contribution in [0.2, 0.25) is 0 Å². The number of carboxylic acid groups (broad SMARTS) is 1. The summed E-state index contributed by atoms with van der Waals surface area (Å²) in [5, 5.41) is 12.3. The van der Waals surface area contributed by atoms with Crippen LogP contribution in [-0.4, -0.2) is 60.8 Å². The van der Waals surface area contributed by atoms with Gasteiger partial charge in [0.1, 0.15) is 0 Å². The Morgan fingerprint density at radius 3 is 2.74 bits per heavy atom. The van der Waals surface area contributed by atoms with Gasteiger partial charge in [0.2, 0.25) is 5.91 Å². The predicted octanol–water partition coefficient (Wildman–Crippen LogP) is -0.0659. The molecular weight excluding hydrogens is 248 g/mol. The zero-order chi connectivity index (χ0) is 14.0. The summed E-state index contributed by atoms with van der Waals surface area (Å²) in [6.45, 7) is 6.57. The topological polar surface area (TPSA) is 78.9 Å². The van der Waals surface area contributed by atoms with Gasteiger partial charge in [-0.2, -0.15) is 0 Å². The highest BCUT2D eigenvalue weighted by Gasteiger charge is 2.47. The lowest BCUT2D eigenvalue weighted by molar-refractivity contribution is -0.163. The zero-order valence-corrected chi connectivity index (χ0v) is 11.5. The van der Waals surface area contributed by atoms with Crippen molar-refractivity contribution in [2.75, 3.05) is 32.8 Å². The van der Waals surface area contributed by atoms with Crippen molar-refractivity contribution in [1.82, 2.24) is 10.2 Å². The van der Waals surface area contributed by atoms with Crippen molar-refractivity contribution < 1.29 is 19.4 Å². The van der Waals surface area contributed by atoms with Gasteiger partial charge in [-0.05, 0) is 18.9 Å². The van der Waals surface area contributed by atoms with E-state index in [1.165, 1.54) is 0 Å². The van der Waals surface area contributed by atoms with E-state index in [4.69, 9.17) is 9.84 Å². The molecule has 0 radical (unpaired) electrons. The molecule has 2 rings (SSSR count). The van der Waals surface area contributed by atoms with Gasteiger partial charge >= 0.3 is 5.97 Å². The quantitative estimate of drug-likeness (QED) is 0.751. The Balaban J connectivity index is 2.11. The number of carboxylic acids is 1. The maximum Gasteiger partial charge on any atom is 0.334 e. The van der Waals surface area contributed by atoms with E-state index >= 15 is 0 Å². The van der Waals surface area contributed by atoms with Gasteiger partial charge in [-0.15, -0.1) is 0 Å². The largest absolute Gasteiger partial charge is 0.479 e. The van der Waals surface area contributed by atoms with Crippen molar-refractivity contribution in [3.8, 4) is 0 Å². The molecule has 0 aromatic rings. The first-order valence-electron chi connectivity index (χ1n) is 6.82. The number of amides is 1. The van der Waals surface area contributed by atoms with E-state index < -0.39 is 12.1 Å². The fourth-order valence-electron chi connectivity index (χ4n) is 2.93. The Morgan fingerprint density at radius 2 is 2.21 bits per heavy atom. The van der Waals surface area contributed by atoms with Crippen LogP contribution in [0.5, 0.6) is 0 Å². The molecule has 2 saturated heterocycles. The second-order valence-electron chi connectivity index (χ2n) is 5.69. The lowest BCUT2D eigenvalue weighted by Crippen LogP contribution is -2.55. The fourth-order valence-corrected chi connectivity index (χ4v) is 2.93. The number of ether oxygens (including phenoxy) is 1. The Labute approximate surface area is 113 Å². The number of rotatable bonds is 3. The molecule has 6 nitrogen and oxygen atoms in total. The molecule has 2 aliphatic heterocycles. The number of carbonyl (C=O) groups excluding carboxylic acids is 1. The lowest BCUT2D eigenvalue weighted by atomic mass is 9.75. The Hall–Kier alpha value is -1.14. The van der Waals surface area contributed by atoms with E-state index in [2.05, 4.69) is 19.2 Å². The van der Waals surface area contributed by atoms with Crippen molar-refractivity contribution in [2.24, 2.45) is 11.3 Å². The average molecular weight is 270 g/mol. The minimum Gasteiger partial charge on any atom is -0.479 e. The monoisotopic (exact) mass is 270 g/mol. The third-order valence-electron chi connectivity index (χ3n) is 4.35. The third kappa shape index (κ3) is 2.60. The van der Waals surface area contributed by atoms with Crippen LogP contribution in [0.1, 0.15) is 20.3 Å². The summed E-state index contributed by atoms with van der Waals surface area (Å²) >= 11 is 0. The Bertz CT molecular complexity index is 364. The van der Waals surface area contributed by atoms with E-state index in [1.54, 1.807) is 4.90 Å². The maximum absolute atomic E-state index is 12.8. The van der Waals surface area contributed by atoms with Crippen LogP contribution in [0, 0.1) is 11.3 Å². The first kappa shape index (κ1) is 14.3. The SMILES string of the molecule is CC(C)C1(C(=O)N2CCOC(C(=O)O)C2)CCNC1. The molecule has 2 unspecified atom stereocenters. The molecule has 1 amide bonds. The number of hydrogen-bond donors (Lipinski definition) is 2. The maximum atomic E-state index is 12.8. The highest BCUT2D eigenvalue weighted by molar-refractivity contribution is 5.84. The molecule has 108 valence electrons. The number of hydrogen-bond acceptors (Lipinski definition) is 4. The summed E-state index contributed by atoms with van der Waals surface area (Å²) in [7, 11) is 0. The van der Waals surface area contributed by atoms with Gasteiger partial charge in [0.15, 0.2) is 6.10 Å². The molecule has 19 heavy (non-hydrogen) atoms. The summed E-state index contributed by atoms with van der Waals surface area (Å²) in [5.41, 5.74) is -0.388. The van der Waals surface area contributed by atoms with Crippen LogP contribution >= 0.6 is 0 Å². The molecule has 0 aromatic carbocycles. The van der Waals surface area contributed by atoms with E-state index in [0.717, 1.165) is 13.0 Å². The number of carbonyl (C=O) groups is 2. The van der Waals surface area contributed by atoms with E-state index in [1.807, 2.05) is 0 Å². The summed E-state index contributed by atoms with van der Waals surface area (Å²) in [5.74, 6) is -0.691.